The first-order valence-corrected chi connectivity index (χ1v) is 7.92. The molecule has 0 N–H and O–H groups in total. The number of esters is 2. The zero-order valence-electron chi connectivity index (χ0n) is 12.0. The number of carbonyl (C=O) groups is 2. The van der Waals surface area contributed by atoms with E-state index in [0.717, 1.165) is 44.9 Å². The van der Waals surface area contributed by atoms with E-state index in [4.69, 9.17) is 4.74 Å². The molecule has 0 aliphatic heterocycles. The maximum absolute atomic E-state index is 12.0. The monoisotopic (exact) mass is 266 g/mol. The van der Waals surface area contributed by atoms with Gasteiger partial charge in [-0.05, 0) is 31.6 Å². The summed E-state index contributed by atoms with van der Waals surface area (Å²) in [6.45, 7) is 2.17. The summed E-state index contributed by atoms with van der Waals surface area (Å²) in [6, 6.07) is 0. The molecular weight excluding hydrogens is 240 g/mol. The van der Waals surface area contributed by atoms with Crippen molar-refractivity contribution in [3.8, 4) is 0 Å². The summed E-state index contributed by atoms with van der Waals surface area (Å²) in [5.41, 5.74) is 0. The number of rotatable bonds is 2. The molecule has 19 heavy (non-hydrogen) atoms. The summed E-state index contributed by atoms with van der Waals surface area (Å²) < 4.78 is 5.16. The van der Waals surface area contributed by atoms with Gasteiger partial charge in [0.25, 0.3) is 0 Å². The molecule has 2 fully saturated rings. The lowest BCUT2D eigenvalue weighted by Crippen LogP contribution is -2.28. The summed E-state index contributed by atoms with van der Waals surface area (Å²) in [5.74, 6) is -0.0175. The first-order chi connectivity index (χ1) is 9.16. The molecule has 3 nitrogen and oxygen atoms in total. The fraction of sp³-hybridized carbons (Fsp3) is 0.875. The second-order valence-corrected chi connectivity index (χ2v) is 6.40. The molecule has 0 heterocycles. The molecule has 0 spiro atoms. The smallest absolute Gasteiger partial charge is 0.316 e. The van der Waals surface area contributed by atoms with Crippen molar-refractivity contribution in [3.05, 3.63) is 0 Å². The zero-order chi connectivity index (χ0) is 13.7. The van der Waals surface area contributed by atoms with E-state index in [0.29, 0.717) is 5.92 Å². The predicted molar refractivity (Wildman–Crippen MR) is 73.4 cm³/mol. The number of hydrogen-bond acceptors (Lipinski definition) is 3. The summed E-state index contributed by atoms with van der Waals surface area (Å²) >= 11 is 0. The quantitative estimate of drug-likeness (QED) is 0.433. The van der Waals surface area contributed by atoms with Crippen LogP contribution in [0.2, 0.25) is 0 Å². The van der Waals surface area contributed by atoms with Gasteiger partial charge in [-0.15, -0.1) is 0 Å². The average molecular weight is 266 g/mol. The van der Waals surface area contributed by atoms with Crippen LogP contribution in [-0.4, -0.2) is 11.9 Å². The Kier molecular flexibility index (Phi) is 5.41. The highest BCUT2D eigenvalue weighted by Gasteiger charge is 2.30. The Hall–Kier alpha value is -0.860. The molecule has 2 unspecified atom stereocenters. The highest BCUT2D eigenvalue weighted by Crippen LogP contribution is 2.30. The van der Waals surface area contributed by atoms with Crippen molar-refractivity contribution in [1.29, 1.82) is 0 Å². The summed E-state index contributed by atoms with van der Waals surface area (Å²) in [5, 5.41) is 0. The van der Waals surface area contributed by atoms with Gasteiger partial charge in [0.15, 0.2) is 0 Å². The van der Waals surface area contributed by atoms with Gasteiger partial charge in [-0.2, -0.15) is 0 Å². The van der Waals surface area contributed by atoms with Crippen LogP contribution in [0.1, 0.15) is 71.1 Å². The second kappa shape index (κ2) is 7.06. The molecule has 2 rings (SSSR count). The van der Waals surface area contributed by atoms with Gasteiger partial charge in [0.2, 0.25) is 0 Å². The fourth-order valence-electron chi connectivity index (χ4n) is 3.43. The average Bonchev–Trinajstić information content (AvgIpc) is 2.67. The third-order valence-electron chi connectivity index (χ3n) is 4.66. The van der Waals surface area contributed by atoms with Crippen LogP contribution in [-0.2, 0) is 14.3 Å². The van der Waals surface area contributed by atoms with Crippen molar-refractivity contribution in [1.82, 2.24) is 0 Å². The van der Waals surface area contributed by atoms with Gasteiger partial charge >= 0.3 is 11.9 Å². The minimum atomic E-state index is -0.263. The van der Waals surface area contributed by atoms with Crippen molar-refractivity contribution in [3.63, 3.8) is 0 Å². The van der Waals surface area contributed by atoms with E-state index in [1.54, 1.807) is 0 Å². The van der Waals surface area contributed by atoms with Crippen LogP contribution in [0.15, 0.2) is 0 Å². The summed E-state index contributed by atoms with van der Waals surface area (Å²) in [7, 11) is 0. The topological polar surface area (TPSA) is 43.4 Å². The van der Waals surface area contributed by atoms with Crippen molar-refractivity contribution in [2.45, 2.75) is 71.1 Å². The molecule has 0 aromatic carbocycles. The molecule has 3 heteroatoms. The van der Waals surface area contributed by atoms with Crippen LogP contribution in [0.4, 0.5) is 0 Å². The van der Waals surface area contributed by atoms with E-state index < -0.39 is 0 Å². The van der Waals surface area contributed by atoms with Crippen molar-refractivity contribution < 1.29 is 14.3 Å². The van der Waals surface area contributed by atoms with E-state index >= 15 is 0 Å². The zero-order valence-corrected chi connectivity index (χ0v) is 12.0. The van der Waals surface area contributed by atoms with Gasteiger partial charge in [0.05, 0.1) is 11.8 Å². The maximum atomic E-state index is 12.0. The van der Waals surface area contributed by atoms with Gasteiger partial charge in [-0.25, -0.2) is 0 Å². The standard InChI is InChI=1S/C16H26O3/c1-12-7-6-10-14(11-12)16(18)19-15(17)13-8-4-2-3-5-9-13/h12-14H,2-11H2,1H3. The molecule has 2 aliphatic carbocycles. The van der Waals surface area contributed by atoms with Gasteiger partial charge < -0.3 is 4.74 Å². The van der Waals surface area contributed by atoms with E-state index in [1.807, 2.05) is 0 Å². The Bertz CT molecular complexity index is 304. The minimum absolute atomic E-state index is 0.0348. The number of hydrogen-bond donors (Lipinski definition) is 0. The molecular formula is C16H26O3. The summed E-state index contributed by atoms with van der Waals surface area (Å²) in [4.78, 5) is 24.1. The Morgan fingerprint density at radius 2 is 1.37 bits per heavy atom. The van der Waals surface area contributed by atoms with Crippen molar-refractivity contribution >= 4 is 11.9 Å². The normalized spacial score (nSPS) is 29.5. The molecule has 2 atom stereocenters. The third-order valence-corrected chi connectivity index (χ3v) is 4.66. The lowest BCUT2D eigenvalue weighted by molar-refractivity contribution is -0.166. The lowest BCUT2D eigenvalue weighted by Gasteiger charge is -2.25. The van der Waals surface area contributed by atoms with Crippen LogP contribution in [0, 0.1) is 17.8 Å². The van der Waals surface area contributed by atoms with E-state index in [9.17, 15) is 9.59 Å². The van der Waals surface area contributed by atoms with Gasteiger partial charge in [-0.1, -0.05) is 45.4 Å². The Morgan fingerprint density at radius 1 is 0.789 bits per heavy atom. The van der Waals surface area contributed by atoms with Crippen molar-refractivity contribution in [2.75, 3.05) is 0 Å². The molecule has 108 valence electrons. The Morgan fingerprint density at radius 3 is 2.00 bits per heavy atom. The van der Waals surface area contributed by atoms with Crippen LogP contribution >= 0.6 is 0 Å². The Balaban J connectivity index is 1.81. The fourth-order valence-corrected chi connectivity index (χ4v) is 3.43. The number of carbonyl (C=O) groups excluding carboxylic acids is 2. The van der Waals surface area contributed by atoms with E-state index in [1.165, 1.54) is 19.3 Å². The largest absolute Gasteiger partial charge is 0.393 e. The van der Waals surface area contributed by atoms with Crippen molar-refractivity contribution in [2.24, 2.45) is 17.8 Å². The molecule has 2 saturated carbocycles. The van der Waals surface area contributed by atoms with Gasteiger partial charge in [0.1, 0.15) is 0 Å². The molecule has 0 amide bonds. The third kappa shape index (κ3) is 4.32. The Labute approximate surface area is 116 Å². The highest BCUT2D eigenvalue weighted by molar-refractivity contribution is 5.87. The molecule has 0 bridgehead atoms. The lowest BCUT2D eigenvalue weighted by atomic mass is 9.82. The van der Waals surface area contributed by atoms with Crippen LogP contribution in [0.25, 0.3) is 0 Å². The first kappa shape index (κ1) is 14.5. The van der Waals surface area contributed by atoms with Crippen LogP contribution in [0.5, 0.6) is 0 Å². The van der Waals surface area contributed by atoms with E-state index in [-0.39, 0.29) is 23.8 Å². The molecule has 0 aromatic rings. The van der Waals surface area contributed by atoms with Crippen LogP contribution in [0.3, 0.4) is 0 Å². The SMILES string of the molecule is CC1CCCC(C(=O)OC(=O)C2CCCCCC2)C1. The number of ether oxygens (including phenoxy) is 1. The highest BCUT2D eigenvalue weighted by atomic mass is 16.6. The van der Waals surface area contributed by atoms with E-state index in [2.05, 4.69) is 6.92 Å². The van der Waals surface area contributed by atoms with Gasteiger partial charge in [0, 0.05) is 0 Å². The maximum Gasteiger partial charge on any atom is 0.316 e. The first-order valence-electron chi connectivity index (χ1n) is 7.92. The molecule has 0 saturated heterocycles. The van der Waals surface area contributed by atoms with Gasteiger partial charge in [-0.3, -0.25) is 9.59 Å². The molecule has 0 radical (unpaired) electrons. The van der Waals surface area contributed by atoms with Crippen LogP contribution < -0.4 is 0 Å². The minimum Gasteiger partial charge on any atom is -0.393 e. The predicted octanol–water partition coefficient (Wildman–Crippen LogP) is 3.85. The molecule has 2 aliphatic rings. The summed E-state index contributed by atoms with van der Waals surface area (Å²) in [6.07, 6.45) is 10.4. The molecule has 0 aromatic heterocycles. The second-order valence-electron chi connectivity index (χ2n) is 6.40.